The number of aryl methyl sites for hydroxylation is 1. The first-order valence-electron chi connectivity index (χ1n) is 5.84. The summed E-state index contributed by atoms with van der Waals surface area (Å²) in [6.07, 6.45) is 2.22. The van der Waals surface area contributed by atoms with Crippen molar-refractivity contribution >= 4 is 28.5 Å². The average molecular weight is 243 g/mol. The number of fused-ring (bicyclic) bond motifs is 1. The lowest BCUT2D eigenvalue weighted by atomic mass is 10.1. The first-order valence-corrected chi connectivity index (χ1v) is 5.84. The minimum Gasteiger partial charge on any atom is -0.361 e. The fraction of sp³-hybridized carbons (Fsp3) is 0.231. The predicted molar refractivity (Wildman–Crippen MR) is 68.5 cm³/mol. The van der Waals surface area contributed by atoms with E-state index in [1.807, 2.05) is 31.3 Å². The molecule has 3 rings (SSSR count). The van der Waals surface area contributed by atoms with Crippen LogP contribution < -0.4 is 10.2 Å². The first kappa shape index (κ1) is 10.8. The number of hydrogen-bond acceptors (Lipinski definition) is 2. The van der Waals surface area contributed by atoms with E-state index in [-0.39, 0.29) is 11.9 Å². The molecule has 1 aromatic carbocycles. The van der Waals surface area contributed by atoms with Crippen LogP contribution in [0.2, 0.25) is 0 Å². The Labute approximate surface area is 104 Å². The Kier molecular flexibility index (Phi) is 2.33. The van der Waals surface area contributed by atoms with Crippen molar-refractivity contribution in [3.8, 4) is 0 Å². The number of carbonyl (C=O) groups is 2. The SMILES string of the molecule is Cc1cc(N2CCC(=O)NC2=O)cc2[nH]ccc12. The van der Waals surface area contributed by atoms with Crippen LogP contribution in [-0.4, -0.2) is 23.5 Å². The van der Waals surface area contributed by atoms with Gasteiger partial charge in [0, 0.05) is 35.8 Å². The van der Waals surface area contributed by atoms with Gasteiger partial charge in [-0.2, -0.15) is 0 Å². The highest BCUT2D eigenvalue weighted by molar-refractivity contribution is 6.06. The molecule has 2 heterocycles. The summed E-state index contributed by atoms with van der Waals surface area (Å²) in [5.41, 5.74) is 2.91. The number of benzene rings is 1. The quantitative estimate of drug-likeness (QED) is 0.803. The summed E-state index contributed by atoms with van der Waals surface area (Å²) in [5.74, 6) is -0.214. The molecule has 0 radical (unpaired) electrons. The second-order valence-corrected chi connectivity index (χ2v) is 4.46. The standard InChI is InChI=1S/C13H13N3O2/c1-8-6-9(7-11-10(8)2-4-14-11)16-5-3-12(17)15-13(16)18/h2,4,6-7,14H,3,5H2,1H3,(H,15,17,18). The number of amides is 3. The number of carbonyl (C=O) groups excluding carboxylic acids is 2. The molecular weight excluding hydrogens is 230 g/mol. The third kappa shape index (κ3) is 1.64. The van der Waals surface area contributed by atoms with Gasteiger partial charge in [0.05, 0.1) is 0 Å². The van der Waals surface area contributed by atoms with Gasteiger partial charge < -0.3 is 4.98 Å². The molecule has 5 heteroatoms. The molecule has 0 atom stereocenters. The predicted octanol–water partition coefficient (Wildman–Crippen LogP) is 1.92. The van der Waals surface area contributed by atoms with Crippen LogP contribution in [0.1, 0.15) is 12.0 Å². The van der Waals surface area contributed by atoms with E-state index in [2.05, 4.69) is 10.3 Å². The number of hydrogen-bond donors (Lipinski definition) is 2. The van der Waals surface area contributed by atoms with Crippen molar-refractivity contribution < 1.29 is 9.59 Å². The fourth-order valence-electron chi connectivity index (χ4n) is 2.30. The van der Waals surface area contributed by atoms with Crippen molar-refractivity contribution in [2.75, 3.05) is 11.4 Å². The number of nitrogens with zero attached hydrogens (tertiary/aromatic N) is 1. The zero-order valence-corrected chi connectivity index (χ0v) is 9.99. The van der Waals surface area contributed by atoms with Gasteiger partial charge >= 0.3 is 6.03 Å². The van der Waals surface area contributed by atoms with Crippen LogP contribution in [0.25, 0.3) is 10.9 Å². The highest BCUT2D eigenvalue weighted by Crippen LogP contribution is 2.26. The van der Waals surface area contributed by atoms with Crippen molar-refractivity contribution in [3.05, 3.63) is 30.0 Å². The van der Waals surface area contributed by atoms with E-state index in [1.54, 1.807) is 4.90 Å². The molecule has 0 spiro atoms. The number of imide groups is 1. The van der Waals surface area contributed by atoms with Crippen LogP contribution in [0.5, 0.6) is 0 Å². The van der Waals surface area contributed by atoms with E-state index in [9.17, 15) is 9.59 Å². The fourth-order valence-corrected chi connectivity index (χ4v) is 2.30. The third-order valence-corrected chi connectivity index (χ3v) is 3.23. The van der Waals surface area contributed by atoms with Crippen molar-refractivity contribution in [1.29, 1.82) is 0 Å². The molecule has 5 nitrogen and oxygen atoms in total. The number of rotatable bonds is 1. The summed E-state index contributed by atoms with van der Waals surface area (Å²) in [7, 11) is 0. The maximum atomic E-state index is 11.8. The van der Waals surface area contributed by atoms with Crippen LogP contribution in [-0.2, 0) is 4.79 Å². The zero-order chi connectivity index (χ0) is 12.7. The molecule has 1 aliphatic rings. The van der Waals surface area contributed by atoms with Crippen LogP contribution in [0.15, 0.2) is 24.4 Å². The van der Waals surface area contributed by atoms with Crippen molar-refractivity contribution in [2.45, 2.75) is 13.3 Å². The molecule has 2 N–H and O–H groups in total. The molecule has 1 fully saturated rings. The van der Waals surface area contributed by atoms with Gasteiger partial charge in [-0.1, -0.05) is 0 Å². The van der Waals surface area contributed by atoms with Gasteiger partial charge in [0.15, 0.2) is 0 Å². The van der Waals surface area contributed by atoms with Gasteiger partial charge in [-0.25, -0.2) is 4.79 Å². The van der Waals surface area contributed by atoms with Crippen LogP contribution in [0.4, 0.5) is 10.5 Å². The van der Waals surface area contributed by atoms with Crippen LogP contribution >= 0.6 is 0 Å². The summed E-state index contributed by atoms with van der Waals surface area (Å²) in [6.45, 7) is 2.43. The lowest BCUT2D eigenvalue weighted by Crippen LogP contribution is -2.49. The molecule has 1 saturated heterocycles. The number of urea groups is 1. The van der Waals surface area contributed by atoms with Gasteiger partial charge in [-0.15, -0.1) is 0 Å². The lowest BCUT2D eigenvalue weighted by Gasteiger charge is -2.26. The maximum Gasteiger partial charge on any atom is 0.328 e. The van der Waals surface area contributed by atoms with E-state index < -0.39 is 0 Å². The Balaban J connectivity index is 2.03. The minimum absolute atomic E-state index is 0.214. The largest absolute Gasteiger partial charge is 0.361 e. The van der Waals surface area contributed by atoms with Crippen molar-refractivity contribution in [1.82, 2.24) is 10.3 Å². The summed E-state index contributed by atoms with van der Waals surface area (Å²) in [4.78, 5) is 27.6. The molecule has 1 aliphatic heterocycles. The molecule has 0 saturated carbocycles. The summed E-state index contributed by atoms with van der Waals surface area (Å²) < 4.78 is 0. The van der Waals surface area contributed by atoms with Gasteiger partial charge in [-0.3, -0.25) is 15.0 Å². The topological polar surface area (TPSA) is 65.2 Å². The summed E-state index contributed by atoms with van der Waals surface area (Å²) in [6, 6.07) is 5.55. The monoisotopic (exact) mass is 243 g/mol. The van der Waals surface area contributed by atoms with Crippen LogP contribution in [0, 0.1) is 6.92 Å². The van der Waals surface area contributed by atoms with Crippen LogP contribution in [0.3, 0.4) is 0 Å². The number of aromatic nitrogens is 1. The second kappa shape index (κ2) is 3.87. The number of aromatic amines is 1. The molecule has 92 valence electrons. The number of nitrogens with one attached hydrogen (secondary N) is 2. The van der Waals surface area contributed by atoms with Crippen molar-refractivity contribution in [2.24, 2.45) is 0 Å². The molecular formula is C13H13N3O2. The van der Waals surface area contributed by atoms with E-state index in [0.717, 1.165) is 22.2 Å². The first-order chi connectivity index (χ1) is 8.65. The molecule has 1 aromatic heterocycles. The molecule has 0 bridgehead atoms. The van der Waals surface area contributed by atoms with E-state index in [4.69, 9.17) is 0 Å². The Morgan fingerprint density at radius 2 is 2.11 bits per heavy atom. The Morgan fingerprint density at radius 3 is 2.89 bits per heavy atom. The summed E-state index contributed by atoms with van der Waals surface area (Å²) in [5, 5.41) is 3.47. The summed E-state index contributed by atoms with van der Waals surface area (Å²) >= 11 is 0. The Bertz CT molecular complexity index is 645. The Hall–Kier alpha value is -2.30. The third-order valence-electron chi connectivity index (χ3n) is 3.23. The number of H-pyrrole nitrogens is 1. The van der Waals surface area contributed by atoms with Gasteiger partial charge in [0.2, 0.25) is 5.91 Å². The maximum absolute atomic E-state index is 11.8. The van der Waals surface area contributed by atoms with Gasteiger partial charge in [0.1, 0.15) is 0 Å². The van der Waals surface area contributed by atoms with Crippen molar-refractivity contribution in [3.63, 3.8) is 0 Å². The Morgan fingerprint density at radius 1 is 1.28 bits per heavy atom. The van der Waals surface area contributed by atoms with Gasteiger partial charge in [-0.05, 0) is 30.7 Å². The van der Waals surface area contributed by atoms with E-state index in [0.29, 0.717) is 13.0 Å². The second-order valence-electron chi connectivity index (χ2n) is 4.46. The molecule has 0 aliphatic carbocycles. The smallest absolute Gasteiger partial charge is 0.328 e. The lowest BCUT2D eigenvalue weighted by molar-refractivity contribution is -0.120. The molecule has 18 heavy (non-hydrogen) atoms. The van der Waals surface area contributed by atoms with E-state index in [1.165, 1.54) is 0 Å². The van der Waals surface area contributed by atoms with E-state index >= 15 is 0 Å². The average Bonchev–Trinajstić information content (AvgIpc) is 2.77. The van der Waals surface area contributed by atoms with Gasteiger partial charge in [0.25, 0.3) is 0 Å². The molecule has 3 amide bonds. The zero-order valence-electron chi connectivity index (χ0n) is 9.99. The highest BCUT2D eigenvalue weighted by Gasteiger charge is 2.24. The molecule has 0 unspecified atom stereocenters. The number of anilines is 1. The highest BCUT2D eigenvalue weighted by atomic mass is 16.2. The molecule has 2 aromatic rings. The minimum atomic E-state index is -0.350. The normalized spacial score (nSPS) is 16.2.